The molecule has 0 aromatic heterocycles. The van der Waals surface area contributed by atoms with E-state index >= 15 is 0 Å². The van der Waals surface area contributed by atoms with Gasteiger partial charge in [-0.3, -0.25) is 0 Å². The van der Waals surface area contributed by atoms with Crippen LogP contribution in [0.1, 0.15) is 24.2 Å². The smallest absolute Gasteiger partial charge is 0.345 e. The Hall–Kier alpha value is -1.79. The molecule has 2 rings (SSSR count). The third-order valence-electron chi connectivity index (χ3n) is 2.80. The van der Waals surface area contributed by atoms with Gasteiger partial charge in [0.2, 0.25) is 5.79 Å². The lowest BCUT2D eigenvalue weighted by Crippen LogP contribution is -2.38. The van der Waals surface area contributed by atoms with Gasteiger partial charge in [-0.05, 0) is 12.1 Å². The van der Waals surface area contributed by atoms with Gasteiger partial charge in [0.05, 0.1) is 19.8 Å². The summed E-state index contributed by atoms with van der Waals surface area (Å²) in [5.41, 5.74) is 0.401. The molecule has 0 aliphatic carbocycles. The predicted octanol–water partition coefficient (Wildman–Crippen LogP) is 2.01. The van der Waals surface area contributed by atoms with Crippen LogP contribution in [0, 0.1) is 0 Å². The Balaban J connectivity index is 1.90. The molecular formula is C15H20O6. The molecule has 0 spiro atoms. The number of benzene rings is 1. The fourth-order valence-electron chi connectivity index (χ4n) is 1.87. The van der Waals surface area contributed by atoms with Gasteiger partial charge in [-0.15, -0.1) is 0 Å². The van der Waals surface area contributed by atoms with Gasteiger partial charge in [-0.25, -0.2) is 4.79 Å². The molecule has 0 radical (unpaired) electrons. The monoisotopic (exact) mass is 296 g/mol. The largest absolute Gasteiger partial charge is 0.491 e. The third kappa shape index (κ3) is 4.34. The van der Waals surface area contributed by atoms with E-state index in [1.54, 1.807) is 39.2 Å². The zero-order valence-corrected chi connectivity index (χ0v) is 12.5. The molecule has 6 heteroatoms. The summed E-state index contributed by atoms with van der Waals surface area (Å²) < 4.78 is 26.5. The molecule has 1 aliphatic rings. The van der Waals surface area contributed by atoms with Crippen LogP contribution in [0.25, 0.3) is 0 Å². The fraction of sp³-hybridized carbons (Fsp3) is 0.533. The van der Waals surface area contributed by atoms with Gasteiger partial charge in [0, 0.05) is 27.0 Å². The van der Waals surface area contributed by atoms with E-state index in [1.165, 1.54) is 0 Å². The van der Waals surface area contributed by atoms with Crippen molar-refractivity contribution in [1.29, 1.82) is 0 Å². The molecule has 0 atom stereocenters. The summed E-state index contributed by atoms with van der Waals surface area (Å²) in [4.78, 5) is 11.8. The Bertz CT molecular complexity index is 497. The van der Waals surface area contributed by atoms with Crippen molar-refractivity contribution >= 4 is 5.97 Å². The number of rotatable bonds is 7. The standard InChI is InChI=1S/C15H20O6/c1-15(2)20-13-10-11(4-5-12(13)14(16)21-15)19-9-8-18-7-6-17-3/h4-5,10H,6-9H2,1-3H3. The van der Waals surface area contributed by atoms with E-state index in [-0.39, 0.29) is 0 Å². The number of cyclic esters (lactones) is 1. The number of hydrogen-bond acceptors (Lipinski definition) is 6. The van der Waals surface area contributed by atoms with Crippen molar-refractivity contribution in [2.45, 2.75) is 19.6 Å². The van der Waals surface area contributed by atoms with Crippen molar-refractivity contribution < 1.29 is 28.5 Å². The lowest BCUT2D eigenvalue weighted by molar-refractivity contribution is -0.127. The minimum Gasteiger partial charge on any atom is -0.491 e. The van der Waals surface area contributed by atoms with Crippen molar-refractivity contribution in [2.75, 3.05) is 33.5 Å². The van der Waals surface area contributed by atoms with Crippen molar-refractivity contribution in [2.24, 2.45) is 0 Å². The molecule has 1 aliphatic heterocycles. The summed E-state index contributed by atoms with van der Waals surface area (Å²) in [5, 5.41) is 0. The van der Waals surface area contributed by atoms with Gasteiger partial charge in [-0.1, -0.05) is 0 Å². The zero-order valence-electron chi connectivity index (χ0n) is 12.5. The number of methoxy groups -OCH3 is 1. The SMILES string of the molecule is COCCOCCOc1ccc2c(c1)OC(C)(C)OC2=O. The molecule has 1 heterocycles. The molecule has 21 heavy (non-hydrogen) atoms. The van der Waals surface area contributed by atoms with E-state index in [9.17, 15) is 4.79 Å². The highest BCUT2D eigenvalue weighted by Crippen LogP contribution is 2.33. The molecular weight excluding hydrogens is 276 g/mol. The lowest BCUT2D eigenvalue weighted by atomic mass is 10.1. The van der Waals surface area contributed by atoms with Crippen molar-refractivity contribution in [3.8, 4) is 11.5 Å². The van der Waals surface area contributed by atoms with Gasteiger partial charge in [0.25, 0.3) is 0 Å². The van der Waals surface area contributed by atoms with Gasteiger partial charge in [-0.2, -0.15) is 0 Å². The molecule has 0 N–H and O–H groups in total. The van der Waals surface area contributed by atoms with E-state index < -0.39 is 11.8 Å². The van der Waals surface area contributed by atoms with E-state index in [0.29, 0.717) is 43.5 Å². The van der Waals surface area contributed by atoms with Gasteiger partial charge in [0.1, 0.15) is 23.7 Å². The van der Waals surface area contributed by atoms with Crippen molar-refractivity contribution in [3.63, 3.8) is 0 Å². The van der Waals surface area contributed by atoms with Crippen LogP contribution in [0.3, 0.4) is 0 Å². The first-order valence-corrected chi connectivity index (χ1v) is 6.78. The summed E-state index contributed by atoms with van der Waals surface area (Å²) >= 11 is 0. The second-order valence-corrected chi connectivity index (χ2v) is 5.00. The quantitative estimate of drug-likeness (QED) is 0.566. The Morgan fingerprint density at radius 2 is 1.86 bits per heavy atom. The number of carbonyl (C=O) groups excluding carboxylic acids is 1. The maximum atomic E-state index is 11.8. The summed E-state index contributed by atoms with van der Waals surface area (Å²) in [5.74, 6) is -0.272. The summed E-state index contributed by atoms with van der Waals surface area (Å²) in [6.07, 6.45) is 0. The fourth-order valence-corrected chi connectivity index (χ4v) is 1.87. The highest BCUT2D eigenvalue weighted by atomic mass is 16.7. The molecule has 1 aromatic carbocycles. The highest BCUT2D eigenvalue weighted by Gasteiger charge is 2.33. The topological polar surface area (TPSA) is 63.2 Å². The van der Waals surface area contributed by atoms with E-state index in [1.807, 2.05) is 0 Å². The van der Waals surface area contributed by atoms with Crippen LogP contribution in [0.4, 0.5) is 0 Å². The Labute approximate surface area is 123 Å². The third-order valence-corrected chi connectivity index (χ3v) is 2.80. The lowest BCUT2D eigenvalue weighted by Gasteiger charge is -2.31. The van der Waals surface area contributed by atoms with Crippen LogP contribution in [-0.2, 0) is 14.2 Å². The second-order valence-electron chi connectivity index (χ2n) is 5.00. The molecule has 6 nitrogen and oxygen atoms in total. The van der Waals surface area contributed by atoms with Crippen LogP contribution in [0.5, 0.6) is 11.5 Å². The summed E-state index contributed by atoms with van der Waals surface area (Å²) in [7, 11) is 1.62. The van der Waals surface area contributed by atoms with E-state index in [4.69, 9.17) is 23.7 Å². The molecule has 0 saturated heterocycles. The zero-order chi connectivity index (χ0) is 15.3. The van der Waals surface area contributed by atoms with Crippen LogP contribution in [0.2, 0.25) is 0 Å². The number of carbonyl (C=O) groups is 1. The minimum atomic E-state index is -0.966. The molecule has 0 saturated carbocycles. The van der Waals surface area contributed by atoms with Gasteiger partial charge >= 0.3 is 5.97 Å². The summed E-state index contributed by atoms with van der Waals surface area (Å²) in [6, 6.07) is 5.03. The van der Waals surface area contributed by atoms with Gasteiger partial charge in [0.15, 0.2) is 0 Å². The first-order valence-electron chi connectivity index (χ1n) is 6.78. The highest BCUT2D eigenvalue weighted by molar-refractivity contribution is 5.93. The maximum Gasteiger partial charge on any atom is 0.345 e. The average Bonchev–Trinajstić information content (AvgIpc) is 2.41. The molecule has 0 unspecified atom stereocenters. The second kappa shape index (κ2) is 6.78. The Morgan fingerprint density at radius 3 is 2.62 bits per heavy atom. The first kappa shape index (κ1) is 15.6. The van der Waals surface area contributed by atoms with E-state index in [2.05, 4.69) is 0 Å². The predicted molar refractivity (Wildman–Crippen MR) is 74.8 cm³/mol. The van der Waals surface area contributed by atoms with Crippen molar-refractivity contribution in [1.82, 2.24) is 0 Å². The normalized spacial score (nSPS) is 15.9. The molecule has 0 bridgehead atoms. The van der Waals surface area contributed by atoms with Crippen LogP contribution in [-0.4, -0.2) is 45.3 Å². The number of fused-ring (bicyclic) bond motifs is 1. The first-order chi connectivity index (χ1) is 10.0. The number of ether oxygens (including phenoxy) is 5. The molecule has 1 aromatic rings. The van der Waals surface area contributed by atoms with E-state index in [0.717, 1.165) is 0 Å². The Morgan fingerprint density at radius 1 is 1.10 bits per heavy atom. The minimum absolute atomic E-state index is 0.393. The molecule has 0 amide bonds. The number of esters is 1. The number of hydrogen-bond donors (Lipinski definition) is 0. The molecule has 116 valence electrons. The van der Waals surface area contributed by atoms with Crippen LogP contribution in [0.15, 0.2) is 18.2 Å². The summed E-state index contributed by atoms with van der Waals surface area (Å²) in [6.45, 7) is 5.35. The van der Waals surface area contributed by atoms with Crippen LogP contribution < -0.4 is 9.47 Å². The average molecular weight is 296 g/mol. The van der Waals surface area contributed by atoms with Crippen molar-refractivity contribution in [3.05, 3.63) is 23.8 Å². The molecule has 0 fully saturated rings. The van der Waals surface area contributed by atoms with Crippen LogP contribution >= 0.6 is 0 Å². The van der Waals surface area contributed by atoms with Gasteiger partial charge < -0.3 is 23.7 Å². The maximum absolute atomic E-state index is 11.8. The Kier molecular flexibility index (Phi) is 5.03.